The second kappa shape index (κ2) is 3.54. The lowest BCUT2D eigenvalue weighted by Gasteiger charge is -1.92. The average Bonchev–Trinajstić information content (AvgIpc) is 2.45. The second-order valence-electron chi connectivity index (χ2n) is 3.49. The number of aryl methyl sites for hydroxylation is 2. The second-order valence-corrected chi connectivity index (χ2v) is 4.73. The number of nitrogens with zero attached hydrogens (tertiary/aromatic N) is 1. The lowest BCUT2D eigenvalue weighted by Crippen LogP contribution is -2.33. The largest absolute Gasteiger partial charge is 0.235 e. The molecule has 1 heterocycles. The maximum absolute atomic E-state index is 3.79. The van der Waals surface area contributed by atoms with E-state index in [1.165, 1.54) is 20.8 Å². The van der Waals surface area contributed by atoms with Crippen molar-refractivity contribution < 1.29 is 4.57 Å². The Morgan fingerprint density at radius 2 is 2.21 bits per heavy atom. The quantitative estimate of drug-likeness (QED) is 0.523. The Kier molecular flexibility index (Phi) is 2.38. The van der Waals surface area contributed by atoms with Crippen molar-refractivity contribution >= 4 is 21.6 Å². The molecule has 0 aliphatic rings. The minimum atomic E-state index is 0.898. The number of hydrogen-bond donors (Lipinski definition) is 0. The molecular formula is C12H14NS+. The van der Waals surface area contributed by atoms with Gasteiger partial charge in [-0.1, -0.05) is 24.0 Å². The molecule has 2 rings (SSSR count). The number of fused-ring (bicyclic) bond motifs is 1. The lowest BCUT2D eigenvalue weighted by molar-refractivity contribution is -0.662. The normalized spacial score (nSPS) is 10.7. The summed E-state index contributed by atoms with van der Waals surface area (Å²) in [5.41, 5.74) is 2.64. The van der Waals surface area contributed by atoms with Crippen LogP contribution >= 0.6 is 11.3 Å². The molecule has 0 amide bonds. The number of allylic oxidation sites excluding steroid dienone is 1. The smallest absolute Gasteiger partial charge is 0.182 e. The molecule has 0 aliphatic carbocycles. The first kappa shape index (κ1) is 9.41. The number of aromatic nitrogens is 1. The maximum atomic E-state index is 3.79. The molecule has 0 atom stereocenters. The third kappa shape index (κ3) is 1.46. The molecule has 1 aromatic carbocycles. The summed E-state index contributed by atoms with van der Waals surface area (Å²) in [6, 6.07) is 6.60. The number of thiazole rings is 1. The van der Waals surface area contributed by atoms with Crippen LogP contribution in [-0.4, -0.2) is 0 Å². The van der Waals surface area contributed by atoms with Crippen LogP contribution in [0.15, 0.2) is 30.9 Å². The number of rotatable bonds is 2. The van der Waals surface area contributed by atoms with Gasteiger partial charge in [0.1, 0.15) is 4.70 Å². The zero-order valence-corrected chi connectivity index (χ0v) is 9.40. The molecule has 1 nitrogen and oxygen atoms in total. The SMILES string of the molecule is C=CC[n+]1c(C)sc2ccc(C)cc21. The Labute approximate surface area is 88.3 Å². The predicted octanol–water partition coefficient (Wildman–Crippen LogP) is 2.99. The molecule has 1 aromatic heterocycles. The fourth-order valence-corrected chi connectivity index (χ4v) is 2.68. The summed E-state index contributed by atoms with van der Waals surface area (Å²) in [5.74, 6) is 0. The Bertz CT molecular complexity index is 482. The van der Waals surface area contributed by atoms with Crippen molar-refractivity contribution in [3.05, 3.63) is 41.4 Å². The van der Waals surface area contributed by atoms with Gasteiger partial charge in [-0.2, -0.15) is 4.57 Å². The van der Waals surface area contributed by atoms with E-state index >= 15 is 0 Å². The molecular weight excluding hydrogens is 190 g/mol. The third-order valence-corrected chi connectivity index (χ3v) is 3.44. The van der Waals surface area contributed by atoms with E-state index in [1.807, 2.05) is 17.4 Å². The summed E-state index contributed by atoms with van der Waals surface area (Å²) < 4.78 is 3.66. The van der Waals surface area contributed by atoms with Crippen LogP contribution in [-0.2, 0) is 6.54 Å². The highest BCUT2D eigenvalue weighted by molar-refractivity contribution is 7.18. The van der Waals surface area contributed by atoms with Crippen LogP contribution in [0.1, 0.15) is 10.6 Å². The van der Waals surface area contributed by atoms with Crippen LogP contribution in [0.25, 0.3) is 10.2 Å². The van der Waals surface area contributed by atoms with Gasteiger partial charge in [0.05, 0.1) is 0 Å². The molecule has 72 valence electrons. The van der Waals surface area contributed by atoms with Gasteiger partial charge < -0.3 is 0 Å². The summed E-state index contributed by atoms with van der Waals surface area (Å²) >= 11 is 1.84. The molecule has 14 heavy (non-hydrogen) atoms. The predicted molar refractivity (Wildman–Crippen MR) is 61.7 cm³/mol. The van der Waals surface area contributed by atoms with Gasteiger partial charge in [0, 0.05) is 13.0 Å². The first-order chi connectivity index (χ1) is 6.72. The van der Waals surface area contributed by atoms with Crippen molar-refractivity contribution in [2.45, 2.75) is 20.4 Å². The standard InChI is InChI=1S/C12H14NS/c1-4-7-13-10(3)14-12-6-5-9(2)8-11(12)13/h4-6,8H,1,7H2,2-3H3/q+1. The van der Waals surface area contributed by atoms with Gasteiger partial charge in [0.2, 0.25) is 10.5 Å². The number of hydrogen-bond acceptors (Lipinski definition) is 1. The molecule has 0 fully saturated rings. The molecule has 0 aliphatic heterocycles. The van der Waals surface area contributed by atoms with Gasteiger partial charge >= 0.3 is 0 Å². The van der Waals surface area contributed by atoms with E-state index in [0.717, 1.165) is 6.54 Å². The minimum absolute atomic E-state index is 0.898. The Hall–Kier alpha value is -1.15. The summed E-state index contributed by atoms with van der Waals surface area (Å²) in [6.45, 7) is 8.97. The molecule has 0 bridgehead atoms. The molecule has 0 radical (unpaired) electrons. The van der Waals surface area contributed by atoms with Crippen molar-refractivity contribution in [3.8, 4) is 0 Å². The summed E-state index contributed by atoms with van der Waals surface area (Å²) in [7, 11) is 0. The van der Waals surface area contributed by atoms with E-state index in [0.29, 0.717) is 0 Å². The van der Waals surface area contributed by atoms with E-state index < -0.39 is 0 Å². The fraction of sp³-hybridized carbons (Fsp3) is 0.250. The highest BCUT2D eigenvalue weighted by atomic mass is 32.1. The molecule has 2 aromatic rings. The van der Waals surface area contributed by atoms with E-state index in [-0.39, 0.29) is 0 Å². The molecule has 0 saturated heterocycles. The Morgan fingerprint density at radius 1 is 1.43 bits per heavy atom. The Balaban J connectivity index is 2.72. The first-order valence-electron chi connectivity index (χ1n) is 4.73. The summed E-state index contributed by atoms with van der Waals surface area (Å²) in [5, 5.41) is 1.34. The van der Waals surface area contributed by atoms with Gasteiger partial charge in [0.15, 0.2) is 6.54 Å². The molecule has 0 N–H and O–H groups in total. The minimum Gasteiger partial charge on any atom is -0.182 e. The topological polar surface area (TPSA) is 3.88 Å². The monoisotopic (exact) mass is 204 g/mol. The summed E-state index contributed by atoms with van der Waals surface area (Å²) in [6.07, 6.45) is 1.95. The van der Waals surface area contributed by atoms with Gasteiger partial charge in [-0.3, -0.25) is 0 Å². The van der Waals surface area contributed by atoms with Gasteiger partial charge in [-0.15, -0.1) is 0 Å². The molecule has 0 unspecified atom stereocenters. The molecule has 0 spiro atoms. The van der Waals surface area contributed by atoms with Crippen molar-refractivity contribution in [2.75, 3.05) is 0 Å². The average molecular weight is 204 g/mol. The van der Waals surface area contributed by atoms with Crippen molar-refractivity contribution in [1.82, 2.24) is 0 Å². The van der Waals surface area contributed by atoms with E-state index in [2.05, 4.69) is 43.2 Å². The van der Waals surface area contributed by atoms with E-state index in [9.17, 15) is 0 Å². The van der Waals surface area contributed by atoms with Crippen LogP contribution in [0.2, 0.25) is 0 Å². The summed E-state index contributed by atoms with van der Waals surface area (Å²) in [4.78, 5) is 0. The first-order valence-corrected chi connectivity index (χ1v) is 5.54. The van der Waals surface area contributed by atoms with Gasteiger partial charge in [-0.05, 0) is 24.6 Å². The van der Waals surface area contributed by atoms with Crippen molar-refractivity contribution in [3.63, 3.8) is 0 Å². The highest BCUT2D eigenvalue weighted by Crippen LogP contribution is 2.20. The zero-order chi connectivity index (χ0) is 10.1. The number of benzene rings is 1. The van der Waals surface area contributed by atoms with Crippen molar-refractivity contribution in [1.29, 1.82) is 0 Å². The third-order valence-electron chi connectivity index (χ3n) is 2.35. The van der Waals surface area contributed by atoms with Gasteiger partial charge in [0.25, 0.3) is 0 Å². The van der Waals surface area contributed by atoms with Crippen LogP contribution in [0.5, 0.6) is 0 Å². The van der Waals surface area contributed by atoms with E-state index in [4.69, 9.17) is 0 Å². The fourth-order valence-electron chi connectivity index (χ4n) is 1.66. The van der Waals surface area contributed by atoms with Gasteiger partial charge in [-0.25, -0.2) is 0 Å². The van der Waals surface area contributed by atoms with Crippen LogP contribution in [0, 0.1) is 13.8 Å². The maximum Gasteiger partial charge on any atom is 0.235 e. The van der Waals surface area contributed by atoms with E-state index in [1.54, 1.807) is 0 Å². The van der Waals surface area contributed by atoms with Crippen molar-refractivity contribution in [2.24, 2.45) is 0 Å². The van der Waals surface area contributed by atoms with Crippen LogP contribution in [0.3, 0.4) is 0 Å². The molecule has 2 heteroatoms. The Morgan fingerprint density at radius 3 is 2.93 bits per heavy atom. The van der Waals surface area contributed by atoms with Crippen LogP contribution < -0.4 is 4.57 Å². The zero-order valence-electron chi connectivity index (χ0n) is 8.58. The van der Waals surface area contributed by atoms with Crippen LogP contribution in [0.4, 0.5) is 0 Å². The highest BCUT2D eigenvalue weighted by Gasteiger charge is 2.14. The lowest BCUT2D eigenvalue weighted by atomic mass is 10.2. The molecule has 0 saturated carbocycles.